The van der Waals surface area contributed by atoms with Crippen LogP contribution >= 0.6 is 0 Å². The fourth-order valence-electron chi connectivity index (χ4n) is 7.56. The van der Waals surface area contributed by atoms with E-state index in [-0.39, 0.29) is 29.4 Å². The van der Waals surface area contributed by atoms with Crippen molar-refractivity contribution >= 4 is 46.2 Å². The van der Waals surface area contributed by atoms with Crippen LogP contribution in [0, 0.1) is 5.41 Å². The minimum Gasteiger partial charge on any atom is -0.478 e. The second-order valence-corrected chi connectivity index (χ2v) is 14.6. The Kier molecular flexibility index (Phi) is 8.35. The monoisotopic (exact) mass is 662 g/mol. The van der Waals surface area contributed by atoms with E-state index in [0.29, 0.717) is 43.3 Å². The number of benzene rings is 1. The van der Waals surface area contributed by atoms with Gasteiger partial charge >= 0.3 is 12.1 Å². The third-order valence-electron chi connectivity index (χ3n) is 10.2. The highest BCUT2D eigenvalue weighted by atomic mass is 16.6. The molecule has 6 heterocycles. The van der Waals surface area contributed by atoms with E-state index in [9.17, 15) is 14.7 Å². The summed E-state index contributed by atoms with van der Waals surface area (Å²) in [4.78, 5) is 41.1. The lowest BCUT2D eigenvalue weighted by Crippen LogP contribution is -2.55. The molecule has 7 rings (SSSR count). The van der Waals surface area contributed by atoms with Crippen molar-refractivity contribution in [1.82, 2.24) is 25.1 Å². The van der Waals surface area contributed by atoms with Crippen molar-refractivity contribution < 1.29 is 28.9 Å². The van der Waals surface area contributed by atoms with Crippen LogP contribution < -0.4 is 20.0 Å². The Morgan fingerprint density at radius 1 is 1.08 bits per heavy atom. The quantitative estimate of drug-likeness (QED) is 0.390. The molecule has 258 valence electrons. The van der Waals surface area contributed by atoms with Crippen LogP contribution in [0.5, 0.6) is 0 Å². The van der Waals surface area contributed by atoms with Gasteiger partial charge in [0.1, 0.15) is 11.4 Å². The van der Waals surface area contributed by atoms with Crippen LogP contribution in [-0.2, 0) is 14.2 Å². The number of carboxylic acid groups (broad SMARTS) is 1. The van der Waals surface area contributed by atoms with Crippen molar-refractivity contribution in [3.05, 3.63) is 30.0 Å². The first-order valence-electron chi connectivity index (χ1n) is 17.0. The Labute approximate surface area is 280 Å². The number of anilines is 4. The van der Waals surface area contributed by atoms with E-state index >= 15 is 0 Å². The Hall–Kier alpha value is -4.17. The van der Waals surface area contributed by atoms with E-state index < -0.39 is 17.7 Å². The topological polar surface area (TPSA) is 147 Å². The number of nitrogens with one attached hydrogen (secondary N) is 1. The third-order valence-corrected chi connectivity index (χ3v) is 10.2. The predicted molar refractivity (Wildman–Crippen MR) is 180 cm³/mol. The van der Waals surface area contributed by atoms with Crippen LogP contribution in [0.2, 0.25) is 0 Å². The number of aromatic nitrogens is 4. The first-order valence-corrected chi connectivity index (χ1v) is 17.0. The van der Waals surface area contributed by atoms with Crippen LogP contribution in [-0.4, -0.2) is 101 Å². The number of nitrogens with zero attached hydrogens (tertiary/aromatic N) is 7. The van der Waals surface area contributed by atoms with Crippen LogP contribution in [0.3, 0.4) is 0 Å². The highest BCUT2D eigenvalue weighted by molar-refractivity contribution is 5.94. The lowest BCUT2D eigenvalue weighted by Gasteiger charge is -2.42. The molecule has 0 saturated carbocycles. The molecule has 3 saturated heterocycles. The number of ether oxygens (including phenoxy) is 3. The minimum absolute atomic E-state index is 0.112. The number of likely N-dealkylation sites (N-methyl/N-ethyl adjacent to an activating group) is 1. The Bertz CT molecular complexity index is 1690. The zero-order valence-corrected chi connectivity index (χ0v) is 28.4. The molecule has 1 aromatic carbocycles. The van der Waals surface area contributed by atoms with Gasteiger partial charge in [0.2, 0.25) is 0 Å². The van der Waals surface area contributed by atoms with Gasteiger partial charge in [-0.3, -0.25) is 0 Å². The second-order valence-electron chi connectivity index (χ2n) is 14.6. The van der Waals surface area contributed by atoms with Crippen LogP contribution in [0.15, 0.2) is 24.4 Å². The highest BCUT2D eigenvalue weighted by Crippen LogP contribution is 2.44. The summed E-state index contributed by atoms with van der Waals surface area (Å²) in [6.07, 6.45) is 5.58. The molecule has 14 heteroatoms. The van der Waals surface area contributed by atoms with Crippen LogP contribution in [0.25, 0.3) is 11.2 Å². The molecule has 14 nitrogen and oxygen atoms in total. The summed E-state index contributed by atoms with van der Waals surface area (Å²) in [6, 6.07) is 5.05. The van der Waals surface area contributed by atoms with E-state index in [4.69, 9.17) is 29.3 Å². The summed E-state index contributed by atoms with van der Waals surface area (Å²) in [5, 5.41) is 17.9. The van der Waals surface area contributed by atoms with E-state index in [1.807, 2.05) is 51.7 Å². The summed E-state index contributed by atoms with van der Waals surface area (Å²) in [5.74, 6) is 0.495. The summed E-state index contributed by atoms with van der Waals surface area (Å²) < 4.78 is 19.8. The van der Waals surface area contributed by atoms with Crippen molar-refractivity contribution in [3.8, 4) is 0 Å². The number of carboxylic acids is 1. The molecule has 1 unspecified atom stereocenters. The molecule has 1 spiro atoms. The largest absolute Gasteiger partial charge is 0.478 e. The van der Waals surface area contributed by atoms with Gasteiger partial charge in [0.25, 0.3) is 0 Å². The first-order chi connectivity index (χ1) is 22.9. The Morgan fingerprint density at radius 3 is 2.58 bits per heavy atom. The fraction of sp³-hybridized carbons (Fsp3) is 0.618. The number of alkyl carbamates (subject to hydrolysis) is 1. The van der Waals surface area contributed by atoms with Gasteiger partial charge in [-0.05, 0) is 78.0 Å². The molecular weight excluding hydrogens is 616 g/mol. The number of hydrogen-bond donors (Lipinski definition) is 2. The number of hydrogen-bond acceptors (Lipinski definition) is 11. The number of aromatic carboxylic acids is 1. The number of carbonyl (C=O) groups excluding carboxylic acids is 1. The van der Waals surface area contributed by atoms with Crippen molar-refractivity contribution in [1.29, 1.82) is 0 Å². The van der Waals surface area contributed by atoms with Crippen molar-refractivity contribution in [2.75, 3.05) is 61.1 Å². The van der Waals surface area contributed by atoms with E-state index in [2.05, 4.69) is 20.0 Å². The summed E-state index contributed by atoms with van der Waals surface area (Å²) in [5.41, 5.74) is 2.52. The maximum Gasteiger partial charge on any atom is 0.407 e. The predicted octanol–water partition coefficient (Wildman–Crippen LogP) is 4.71. The third kappa shape index (κ3) is 6.00. The standard InChI is InChI=1S/C34H46N8O6/c1-21-28(37-32(45)48-33(2,3)4)34(20-47-21)11-13-40(14-12-34)25-19-35-27-29(36-25)42(26-8-6-7-17-46-26)38-30(27)41-16-15-39(5)24-18-22(31(43)44)9-10-23(24)41/h9-10,18-19,21,26,28H,6-8,11-17,20H2,1-5H3,(H,37,45)(H,43,44)/t21-,26?,28+/m0/s1. The Balaban J connectivity index is 1.18. The lowest BCUT2D eigenvalue weighted by atomic mass is 9.73. The molecule has 3 fully saturated rings. The zero-order chi connectivity index (χ0) is 33.8. The average molecular weight is 663 g/mol. The van der Waals surface area contributed by atoms with Gasteiger partial charge in [0, 0.05) is 45.2 Å². The lowest BCUT2D eigenvalue weighted by molar-refractivity contribution is -0.0368. The number of piperidine rings is 1. The summed E-state index contributed by atoms with van der Waals surface area (Å²) >= 11 is 0. The summed E-state index contributed by atoms with van der Waals surface area (Å²) in [6.45, 7) is 11.7. The SMILES string of the molecule is C[C@@H]1OCC2(CCN(c3cnc4c(N5CCN(C)c6cc(C(=O)O)ccc65)nn(C5CCCCO5)c4n3)CC2)[C@@H]1NC(=O)OC(C)(C)C. The van der Waals surface area contributed by atoms with E-state index in [1.54, 1.807) is 12.1 Å². The van der Waals surface area contributed by atoms with Gasteiger partial charge < -0.3 is 39.3 Å². The molecule has 48 heavy (non-hydrogen) atoms. The first kappa shape index (κ1) is 32.4. The van der Waals surface area contributed by atoms with Gasteiger partial charge in [-0.25, -0.2) is 24.2 Å². The number of carbonyl (C=O) groups is 2. The maximum absolute atomic E-state index is 12.7. The van der Waals surface area contributed by atoms with E-state index in [0.717, 1.165) is 62.4 Å². The van der Waals surface area contributed by atoms with Crippen molar-refractivity contribution in [2.45, 2.75) is 83.8 Å². The number of fused-ring (bicyclic) bond motifs is 2. The maximum atomic E-state index is 12.7. The highest BCUT2D eigenvalue weighted by Gasteiger charge is 2.50. The molecule has 0 radical (unpaired) electrons. The molecule has 3 aromatic rings. The molecule has 3 atom stereocenters. The molecule has 2 aromatic heterocycles. The molecule has 1 amide bonds. The number of amides is 1. The molecule has 4 aliphatic rings. The van der Waals surface area contributed by atoms with Crippen molar-refractivity contribution in [3.63, 3.8) is 0 Å². The number of rotatable bonds is 5. The van der Waals surface area contributed by atoms with Crippen LogP contribution in [0.4, 0.5) is 27.8 Å². The summed E-state index contributed by atoms with van der Waals surface area (Å²) in [7, 11) is 1.97. The van der Waals surface area contributed by atoms with Gasteiger partial charge in [0.15, 0.2) is 23.2 Å². The molecule has 2 N–H and O–H groups in total. The van der Waals surface area contributed by atoms with Gasteiger partial charge in [0.05, 0.1) is 41.9 Å². The second kappa shape index (κ2) is 12.4. The van der Waals surface area contributed by atoms with Crippen LogP contribution in [0.1, 0.15) is 76.4 Å². The van der Waals surface area contributed by atoms with Crippen molar-refractivity contribution in [2.24, 2.45) is 5.41 Å². The van der Waals surface area contributed by atoms with E-state index in [1.165, 1.54) is 0 Å². The normalized spacial score (nSPS) is 24.2. The van der Waals surface area contributed by atoms with Gasteiger partial charge in [-0.2, -0.15) is 0 Å². The average Bonchev–Trinajstić information content (AvgIpc) is 3.58. The fourth-order valence-corrected chi connectivity index (χ4v) is 7.56. The molecule has 0 bridgehead atoms. The smallest absolute Gasteiger partial charge is 0.407 e. The molecular formula is C34H46N8O6. The van der Waals surface area contributed by atoms with Gasteiger partial charge in [-0.15, -0.1) is 5.10 Å². The molecule has 4 aliphatic heterocycles. The van der Waals surface area contributed by atoms with Gasteiger partial charge in [-0.1, -0.05) is 0 Å². The molecule has 0 aliphatic carbocycles. The zero-order valence-electron chi connectivity index (χ0n) is 28.4. The minimum atomic E-state index is -0.959. The Morgan fingerprint density at radius 2 is 1.88 bits per heavy atom.